The molecule has 2 amide bonds. The first-order valence-corrected chi connectivity index (χ1v) is 20.8. The molecule has 0 spiro atoms. The lowest BCUT2D eigenvalue weighted by molar-refractivity contribution is -0.137. The van der Waals surface area contributed by atoms with Gasteiger partial charge < -0.3 is 50.9 Å². The fourth-order valence-electron chi connectivity index (χ4n) is 4.49. The number of phosphoric acid groups is 3. The molecule has 0 radical (unpaired) electrons. The van der Waals surface area contributed by atoms with Crippen molar-refractivity contribution >= 4 is 74.7 Å². The standard InChI is InChI=1S/C22H38N7O16P3S2/c1-21(2,17(32)20(33)25-5-4-13(30)24-6-7-50-49)9-42-48(39,40)45-47(37,38)41-8-12-15(44-46(34,35)36)16(31)22(3,43-12)29-11-28-14-18(23)26-10-27-19(14)29/h10-12,15-17,31-32,49H,4-9H2,1-3H3,(H,24,30)(H,25,33)(H,37,38)(H,39,40)(H2,23,26,27)(H2,34,35,36). The van der Waals surface area contributed by atoms with Crippen LogP contribution in [0.1, 0.15) is 27.2 Å². The van der Waals surface area contributed by atoms with Crippen molar-refractivity contribution in [3.8, 4) is 0 Å². The predicted molar refractivity (Wildman–Crippen MR) is 176 cm³/mol. The Hall–Kier alpha value is -1.76. The molecule has 50 heavy (non-hydrogen) atoms. The number of phosphoric ester groups is 3. The van der Waals surface area contributed by atoms with E-state index in [1.54, 1.807) is 0 Å². The Kier molecular flexibility index (Phi) is 14.4. The van der Waals surface area contributed by atoms with Crippen LogP contribution in [-0.2, 0) is 51.6 Å². The van der Waals surface area contributed by atoms with Gasteiger partial charge in [0.05, 0.1) is 19.5 Å². The number of anilines is 1. The third-order valence-corrected chi connectivity index (χ3v) is 11.1. The minimum Gasteiger partial charge on any atom is -0.385 e. The summed E-state index contributed by atoms with van der Waals surface area (Å²) in [6, 6.07) is 0. The van der Waals surface area contributed by atoms with Gasteiger partial charge in [-0.1, -0.05) is 24.6 Å². The molecule has 0 bridgehead atoms. The van der Waals surface area contributed by atoms with Gasteiger partial charge in [-0.15, -0.1) is 11.7 Å². The van der Waals surface area contributed by atoms with Crippen molar-refractivity contribution < 1.29 is 75.7 Å². The number of nitrogens with zero attached hydrogens (tertiary/aromatic N) is 4. The maximum Gasteiger partial charge on any atom is 0.481 e. The highest BCUT2D eigenvalue weighted by atomic mass is 33.1. The second kappa shape index (κ2) is 16.9. The summed E-state index contributed by atoms with van der Waals surface area (Å²) in [6.45, 7) is 2.00. The van der Waals surface area contributed by atoms with E-state index in [0.717, 1.165) is 17.2 Å². The predicted octanol–water partition coefficient (Wildman–Crippen LogP) is -0.843. The maximum absolute atomic E-state index is 12.7. The number of rotatable bonds is 19. The van der Waals surface area contributed by atoms with Gasteiger partial charge in [-0.25, -0.2) is 28.6 Å². The average Bonchev–Trinajstić information content (AvgIpc) is 3.54. The van der Waals surface area contributed by atoms with Crippen LogP contribution in [0, 0.1) is 5.41 Å². The normalized spacial score (nSPS) is 24.4. The summed E-state index contributed by atoms with van der Waals surface area (Å²) in [5.41, 5.74) is 2.36. The molecule has 2 aromatic heterocycles. The van der Waals surface area contributed by atoms with Gasteiger partial charge in [0.25, 0.3) is 0 Å². The number of imidazole rings is 1. The third-order valence-electron chi connectivity index (χ3n) is 7.08. The summed E-state index contributed by atoms with van der Waals surface area (Å²) in [6.07, 6.45) is -5.34. The smallest absolute Gasteiger partial charge is 0.385 e. The van der Waals surface area contributed by atoms with Crippen LogP contribution in [0.15, 0.2) is 12.7 Å². The number of carbonyl (C=O) groups excluding carboxylic acids is 2. The second-order valence-corrected chi connectivity index (χ2v) is 17.1. The molecule has 1 saturated heterocycles. The lowest BCUT2D eigenvalue weighted by Gasteiger charge is -2.30. The SMILES string of the molecule is CC(C)(COP(=O)(O)OP(=O)(O)OCC1OC(C)(n2cnc3c(N)ncnc32)C(O)C1OP(=O)(O)O)C(O)C(=O)NCCC(=O)NCCSS. The first-order chi connectivity index (χ1) is 23.0. The number of aliphatic hydroxyl groups is 2. The van der Waals surface area contributed by atoms with Crippen molar-refractivity contribution in [1.82, 2.24) is 30.2 Å². The molecule has 1 aliphatic heterocycles. The van der Waals surface area contributed by atoms with Crippen LogP contribution in [0.5, 0.6) is 0 Å². The van der Waals surface area contributed by atoms with E-state index in [2.05, 4.69) is 41.6 Å². The van der Waals surface area contributed by atoms with Gasteiger partial charge in [0.2, 0.25) is 11.8 Å². The zero-order valence-corrected chi connectivity index (χ0v) is 30.9. The Labute approximate surface area is 293 Å². The molecule has 28 heteroatoms. The van der Waals surface area contributed by atoms with Crippen molar-refractivity contribution in [2.24, 2.45) is 5.41 Å². The highest BCUT2D eigenvalue weighted by Gasteiger charge is 2.57. The molecule has 2 aromatic rings. The van der Waals surface area contributed by atoms with E-state index in [-0.39, 0.29) is 35.9 Å². The minimum atomic E-state index is -5.56. The number of amides is 2. The summed E-state index contributed by atoms with van der Waals surface area (Å²) < 4.78 is 62.4. The van der Waals surface area contributed by atoms with E-state index in [1.807, 2.05) is 0 Å². The van der Waals surface area contributed by atoms with Crippen molar-refractivity contribution in [3.05, 3.63) is 12.7 Å². The Morgan fingerprint density at radius 2 is 1.80 bits per heavy atom. The van der Waals surface area contributed by atoms with Crippen molar-refractivity contribution in [3.63, 3.8) is 0 Å². The lowest BCUT2D eigenvalue weighted by Crippen LogP contribution is -2.46. The molecule has 0 aliphatic carbocycles. The Balaban J connectivity index is 1.62. The molecule has 1 aliphatic rings. The minimum absolute atomic E-state index is 0.0258. The monoisotopic (exact) mass is 813 g/mol. The van der Waals surface area contributed by atoms with E-state index >= 15 is 0 Å². The molecule has 284 valence electrons. The Bertz CT molecular complexity index is 1670. The van der Waals surface area contributed by atoms with Crippen molar-refractivity contribution in [2.45, 2.75) is 57.3 Å². The highest BCUT2D eigenvalue weighted by Crippen LogP contribution is 2.61. The molecule has 3 rings (SSSR count). The number of aromatic nitrogens is 4. The number of aliphatic hydroxyl groups excluding tert-OH is 2. The van der Waals surface area contributed by atoms with E-state index in [4.69, 9.17) is 24.0 Å². The molecule has 3 heterocycles. The summed E-state index contributed by atoms with van der Waals surface area (Å²) in [7, 11) is -15.1. The summed E-state index contributed by atoms with van der Waals surface area (Å²) in [5.74, 6) is -0.782. The fraction of sp³-hybridized carbons (Fsp3) is 0.682. The number of nitrogens with two attached hydrogens (primary N) is 1. The quantitative estimate of drug-likeness (QED) is 0.0357. The molecule has 1 fully saturated rings. The number of hydrogen-bond donors (Lipinski definition) is 10. The lowest BCUT2D eigenvalue weighted by atomic mass is 9.87. The van der Waals surface area contributed by atoms with Crippen LogP contribution >= 0.6 is 45.9 Å². The number of nitrogen functional groups attached to an aromatic ring is 1. The topological polar surface area (TPSA) is 347 Å². The van der Waals surface area contributed by atoms with E-state index in [9.17, 15) is 53.1 Å². The number of carbonyl (C=O) groups is 2. The number of nitrogens with one attached hydrogen (secondary N) is 2. The molecule has 7 atom stereocenters. The number of thiol groups is 1. The Morgan fingerprint density at radius 3 is 2.44 bits per heavy atom. The number of ether oxygens (including phenoxy) is 1. The van der Waals surface area contributed by atoms with Gasteiger partial charge in [0.1, 0.15) is 36.3 Å². The van der Waals surface area contributed by atoms with E-state index in [0.29, 0.717) is 12.3 Å². The second-order valence-electron chi connectivity index (χ2n) is 11.5. The largest absolute Gasteiger partial charge is 0.481 e. The molecule has 10 N–H and O–H groups in total. The first-order valence-electron chi connectivity index (χ1n) is 14.2. The van der Waals surface area contributed by atoms with E-state index < -0.39 is 78.1 Å². The van der Waals surface area contributed by atoms with Gasteiger partial charge in [-0.3, -0.25) is 27.7 Å². The zero-order valence-electron chi connectivity index (χ0n) is 26.5. The summed E-state index contributed by atoms with van der Waals surface area (Å²) in [4.78, 5) is 75.2. The third kappa shape index (κ3) is 11.4. The van der Waals surface area contributed by atoms with E-state index in [1.165, 1.54) is 31.6 Å². The fourth-order valence-corrected chi connectivity index (χ4v) is 7.78. The van der Waals surface area contributed by atoms with Gasteiger partial charge in [0.15, 0.2) is 17.2 Å². The van der Waals surface area contributed by atoms with Crippen LogP contribution in [0.2, 0.25) is 0 Å². The first kappa shape index (κ1) is 42.7. The molecule has 7 unspecified atom stereocenters. The molecule has 0 aromatic carbocycles. The maximum atomic E-state index is 12.7. The molecule has 23 nitrogen and oxygen atoms in total. The number of hydrogen-bond acceptors (Lipinski definition) is 18. The van der Waals surface area contributed by atoms with Gasteiger partial charge >= 0.3 is 23.5 Å². The summed E-state index contributed by atoms with van der Waals surface area (Å²) in [5, 5.41) is 26.5. The van der Waals surface area contributed by atoms with Crippen LogP contribution in [0.4, 0.5) is 5.82 Å². The molecular formula is C22H38N7O16P3S2. The molecule has 0 saturated carbocycles. The van der Waals surface area contributed by atoms with Crippen LogP contribution in [0.3, 0.4) is 0 Å². The van der Waals surface area contributed by atoms with Gasteiger partial charge in [0, 0.05) is 30.7 Å². The van der Waals surface area contributed by atoms with Crippen LogP contribution in [-0.4, -0.2) is 118 Å². The van der Waals surface area contributed by atoms with Gasteiger partial charge in [-0.05, 0) is 6.92 Å². The molecular weight excluding hydrogens is 775 g/mol. The average molecular weight is 814 g/mol. The number of fused-ring (bicyclic) bond motifs is 1. The summed E-state index contributed by atoms with van der Waals surface area (Å²) >= 11 is 3.94. The van der Waals surface area contributed by atoms with Gasteiger partial charge in [-0.2, -0.15) is 4.31 Å². The van der Waals surface area contributed by atoms with Crippen molar-refractivity contribution in [2.75, 3.05) is 37.8 Å². The Morgan fingerprint density at radius 1 is 1.14 bits per heavy atom. The zero-order chi connectivity index (χ0) is 37.7. The van der Waals surface area contributed by atoms with Crippen LogP contribution < -0.4 is 16.4 Å². The van der Waals surface area contributed by atoms with Crippen LogP contribution in [0.25, 0.3) is 11.2 Å². The van der Waals surface area contributed by atoms with Crippen molar-refractivity contribution in [1.29, 1.82) is 0 Å². The highest BCUT2D eigenvalue weighted by molar-refractivity contribution is 8.68.